The van der Waals surface area contributed by atoms with Gasteiger partial charge in [0.15, 0.2) is 0 Å². The molecule has 0 aliphatic rings. The maximum Gasteiger partial charge on any atom is 0.222 e. The van der Waals surface area contributed by atoms with E-state index in [0.717, 1.165) is 13.0 Å². The van der Waals surface area contributed by atoms with Gasteiger partial charge in [-0.3, -0.25) is 4.79 Å². The van der Waals surface area contributed by atoms with E-state index in [-0.39, 0.29) is 5.91 Å². The van der Waals surface area contributed by atoms with E-state index in [0.29, 0.717) is 72.4 Å². The number of hydrogen-bond acceptors (Lipinski definition) is 6. The van der Waals surface area contributed by atoms with Crippen molar-refractivity contribution >= 4 is 5.91 Å². The molecule has 0 rings (SSSR count). The third-order valence-electron chi connectivity index (χ3n) is 2.71. The maximum absolute atomic E-state index is 11.4. The van der Waals surface area contributed by atoms with Gasteiger partial charge in [0, 0.05) is 26.2 Å². The summed E-state index contributed by atoms with van der Waals surface area (Å²) >= 11 is 0. The zero-order valence-corrected chi connectivity index (χ0v) is 14.6. The first kappa shape index (κ1) is 22.3. The van der Waals surface area contributed by atoms with Crippen molar-refractivity contribution in [1.29, 1.82) is 0 Å². The average Bonchev–Trinajstić information content (AvgIpc) is 2.56. The molecule has 0 aromatic carbocycles. The van der Waals surface area contributed by atoms with E-state index in [9.17, 15) is 4.79 Å². The smallest absolute Gasteiger partial charge is 0.222 e. The van der Waals surface area contributed by atoms with Gasteiger partial charge in [-0.2, -0.15) is 0 Å². The van der Waals surface area contributed by atoms with Gasteiger partial charge in [0.25, 0.3) is 0 Å². The highest BCUT2D eigenvalue weighted by atomic mass is 16.6. The Labute approximate surface area is 139 Å². The SMILES string of the molecule is CCCOCCOCCOCCOCCC(=O)NCCOCC. The van der Waals surface area contributed by atoms with Crippen LogP contribution in [0.5, 0.6) is 0 Å². The third kappa shape index (κ3) is 19.2. The molecular formula is C16H33NO6. The molecule has 23 heavy (non-hydrogen) atoms. The van der Waals surface area contributed by atoms with Gasteiger partial charge >= 0.3 is 0 Å². The lowest BCUT2D eigenvalue weighted by Gasteiger charge is -2.08. The molecule has 138 valence electrons. The van der Waals surface area contributed by atoms with E-state index in [1.807, 2.05) is 6.92 Å². The number of amides is 1. The van der Waals surface area contributed by atoms with Crippen LogP contribution in [0, 0.1) is 0 Å². The van der Waals surface area contributed by atoms with Gasteiger partial charge in [0.2, 0.25) is 5.91 Å². The van der Waals surface area contributed by atoms with Crippen molar-refractivity contribution in [1.82, 2.24) is 5.32 Å². The minimum Gasteiger partial charge on any atom is -0.380 e. The van der Waals surface area contributed by atoms with Gasteiger partial charge in [0.1, 0.15) is 0 Å². The molecule has 7 heteroatoms. The average molecular weight is 335 g/mol. The van der Waals surface area contributed by atoms with Gasteiger partial charge in [-0.05, 0) is 13.3 Å². The molecule has 0 aliphatic heterocycles. The van der Waals surface area contributed by atoms with E-state index in [2.05, 4.69) is 12.2 Å². The van der Waals surface area contributed by atoms with Crippen LogP contribution in [0.3, 0.4) is 0 Å². The monoisotopic (exact) mass is 335 g/mol. The fourth-order valence-corrected chi connectivity index (χ4v) is 1.57. The fourth-order valence-electron chi connectivity index (χ4n) is 1.57. The zero-order chi connectivity index (χ0) is 17.0. The summed E-state index contributed by atoms with van der Waals surface area (Å²) in [5.74, 6) is -0.0238. The molecule has 0 bridgehead atoms. The summed E-state index contributed by atoms with van der Waals surface area (Å²) in [6.07, 6.45) is 1.38. The molecule has 0 radical (unpaired) electrons. The molecule has 0 unspecified atom stereocenters. The van der Waals surface area contributed by atoms with E-state index in [4.69, 9.17) is 23.7 Å². The Balaban J connectivity index is 3.08. The number of ether oxygens (including phenoxy) is 5. The molecule has 0 heterocycles. The number of carbonyl (C=O) groups is 1. The van der Waals surface area contributed by atoms with Crippen LogP contribution in [0.2, 0.25) is 0 Å². The second kappa shape index (κ2) is 19.3. The Hall–Kier alpha value is -0.730. The molecule has 0 spiro atoms. The van der Waals surface area contributed by atoms with Crippen molar-refractivity contribution in [3.63, 3.8) is 0 Å². The largest absolute Gasteiger partial charge is 0.380 e. The fraction of sp³-hybridized carbons (Fsp3) is 0.938. The Kier molecular flexibility index (Phi) is 18.7. The molecule has 0 aromatic heterocycles. The van der Waals surface area contributed by atoms with Crippen molar-refractivity contribution in [2.24, 2.45) is 0 Å². The van der Waals surface area contributed by atoms with Gasteiger partial charge in [-0.25, -0.2) is 0 Å². The topological polar surface area (TPSA) is 75.2 Å². The summed E-state index contributed by atoms with van der Waals surface area (Å²) in [5.41, 5.74) is 0. The highest BCUT2D eigenvalue weighted by Crippen LogP contribution is 1.86. The summed E-state index contributed by atoms with van der Waals surface area (Å²) in [7, 11) is 0. The first-order chi connectivity index (χ1) is 11.3. The molecule has 0 saturated carbocycles. The van der Waals surface area contributed by atoms with Gasteiger partial charge < -0.3 is 29.0 Å². The Morgan fingerprint density at radius 3 is 1.74 bits per heavy atom. The van der Waals surface area contributed by atoms with Crippen LogP contribution >= 0.6 is 0 Å². The normalized spacial score (nSPS) is 10.9. The summed E-state index contributed by atoms with van der Waals surface area (Å²) in [6.45, 7) is 10.2. The van der Waals surface area contributed by atoms with Crippen molar-refractivity contribution < 1.29 is 28.5 Å². The van der Waals surface area contributed by atoms with Crippen LogP contribution in [0.25, 0.3) is 0 Å². The highest BCUT2D eigenvalue weighted by molar-refractivity contribution is 5.75. The standard InChI is InChI=1S/C16H33NO6/c1-3-7-20-10-12-22-14-15-23-13-11-21-8-5-16(18)17-6-9-19-4-2/h3-15H2,1-2H3,(H,17,18). The van der Waals surface area contributed by atoms with E-state index in [1.54, 1.807) is 0 Å². The number of nitrogens with one attached hydrogen (secondary N) is 1. The van der Waals surface area contributed by atoms with Crippen molar-refractivity contribution in [3.05, 3.63) is 0 Å². The Bertz CT molecular complexity index is 253. The van der Waals surface area contributed by atoms with E-state index in [1.165, 1.54) is 0 Å². The quantitative estimate of drug-likeness (QED) is 0.377. The lowest BCUT2D eigenvalue weighted by molar-refractivity contribution is -0.122. The predicted octanol–water partition coefficient (Wildman–Crippen LogP) is 1.01. The predicted molar refractivity (Wildman–Crippen MR) is 87.7 cm³/mol. The molecule has 0 aromatic rings. The first-order valence-electron chi connectivity index (χ1n) is 8.46. The lowest BCUT2D eigenvalue weighted by Crippen LogP contribution is -2.28. The minimum absolute atomic E-state index is 0.0238. The van der Waals surface area contributed by atoms with Gasteiger partial charge in [-0.1, -0.05) is 6.92 Å². The molecular weight excluding hydrogens is 302 g/mol. The first-order valence-corrected chi connectivity index (χ1v) is 8.46. The van der Waals surface area contributed by atoms with Gasteiger partial charge in [0.05, 0.1) is 52.9 Å². The summed E-state index contributed by atoms with van der Waals surface area (Å²) in [6, 6.07) is 0. The van der Waals surface area contributed by atoms with Crippen LogP contribution in [0.4, 0.5) is 0 Å². The Morgan fingerprint density at radius 2 is 1.22 bits per heavy atom. The molecule has 0 aliphatic carbocycles. The minimum atomic E-state index is -0.0238. The van der Waals surface area contributed by atoms with Crippen molar-refractivity contribution in [2.45, 2.75) is 26.7 Å². The maximum atomic E-state index is 11.4. The summed E-state index contributed by atoms with van der Waals surface area (Å²) < 4.78 is 26.4. The number of hydrogen-bond donors (Lipinski definition) is 1. The lowest BCUT2D eigenvalue weighted by atomic mass is 10.4. The second-order valence-electron chi connectivity index (χ2n) is 4.75. The third-order valence-corrected chi connectivity index (χ3v) is 2.71. The van der Waals surface area contributed by atoms with Crippen molar-refractivity contribution in [3.8, 4) is 0 Å². The molecule has 0 saturated heterocycles. The summed E-state index contributed by atoms with van der Waals surface area (Å²) in [5, 5.41) is 2.76. The van der Waals surface area contributed by atoms with Crippen LogP contribution < -0.4 is 5.32 Å². The van der Waals surface area contributed by atoms with Crippen LogP contribution in [-0.4, -0.2) is 78.5 Å². The number of carbonyl (C=O) groups excluding carboxylic acids is 1. The zero-order valence-electron chi connectivity index (χ0n) is 14.6. The van der Waals surface area contributed by atoms with Crippen molar-refractivity contribution in [2.75, 3.05) is 72.6 Å². The number of rotatable bonds is 18. The molecule has 1 N–H and O–H groups in total. The molecule has 7 nitrogen and oxygen atoms in total. The molecule has 0 fully saturated rings. The summed E-state index contributed by atoms with van der Waals surface area (Å²) in [4.78, 5) is 11.4. The Morgan fingerprint density at radius 1 is 0.696 bits per heavy atom. The second-order valence-corrected chi connectivity index (χ2v) is 4.75. The van der Waals surface area contributed by atoms with E-state index < -0.39 is 0 Å². The highest BCUT2D eigenvalue weighted by Gasteiger charge is 2.00. The molecule has 1 amide bonds. The van der Waals surface area contributed by atoms with Crippen LogP contribution in [0.1, 0.15) is 26.7 Å². The van der Waals surface area contributed by atoms with Crippen LogP contribution in [-0.2, 0) is 28.5 Å². The van der Waals surface area contributed by atoms with Crippen LogP contribution in [0.15, 0.2) is 0 Å². The molecule has 0 atom stereocenters. The van der Waals surface area contributed by atoms with E-state index >= 15 is 0 Å². The van der Waals surface area contributed by atoms with Gasteiger partial charge in [-0.15, -0.1) is 0 Å².